The van der Waals surface area contributed by atoms with E-state index >= 15 is 0 Å². The monoisotopic (exact) mass is 359 g/mol. The topological polar surface area (TPSA) is 107 Å². The maximum atomic E-state index is 12.4. The van der Waals surface area contributed by atoms with Crippen molar-refractivity contribution in [2.75, 3.05) is 32.1 Å². The molecule has 25 heavy (non-hydrogen) atoms. The summed E-state index contributed by atoms with van der Waals surface area (Å²) in [7, 11) is 0. The summed E-state index contributed by atoms with van der Waals surface area (Å²) >= 11 is 1.20. The molecule has 1 aromatic heterocycles. The lowest BCUT2D eigenvalue weighted by molar-refractivity contribution is -0.128. The number of ether oxygens (including phenoxy) is 1. The van der Waals surface area contributed by atoms with Crippen molar-refractivity contribution in [2.45, 2.75) is 11.4 Å². The summed E-state index contributed by atoms with van der Waals surface area (Å²) in [6.45, 7) is 2.44. The molecule has 3 rings (SSSR count). The molecule has 0 spiro atoms. The van der Waals surface area contributed by atoms with Gasteiger partial charge in [0.05, 0.1) is 23.4 Å². The second kappa shape index (κ2) is 7.59. The highest BCUT2D eigenvalue weighted by Gasteiger charge is 2.17. The molecule has 0 bridgehead atoms. The van der Waals surface area contributed by atoms with Crippen LogP contribution in [0.25, 0.3) is 10.9 Å². The van der Waals surface area contributed by atoms with Gasteiger partial charge in [-0.2, -0.15) is 5.26 Å². The molecule has 1 aromatic carbocycles. The van der Waals surface area contributed by atoms with Gasteiger partial charge in [-0.3, -0.25) is 4.79 Å². The van der Waals surface area contributed by atoms with Gasteiger partial charge in [0.1, 0.15) is 11.1 Å². The Morgan fingerprint density at radius 2 is 2.08 bits per heavy atom. The van der Waals surface area contributed by atoms with Gasteiger partial charge in [0.15, 0.2) is 11.5 Å². The number of hydrogen-bond donors (Lipinski definition) is 2. The first-order chi connectivity index (χ1) is 12.1. The van der Waals surface area contributed by atoms with Gasteiger partial charge in [-0.1, -0.05) is 11.8 Å². The fourth-order valence-corrected chi connectivity index (χ4v) is 3.45. The van der Waals surface area contributed by atoms with Crippen molar-refractivity contribution in [1.82, 2.24) is 9.88 Å². The maximum absolute atomic E-state index is 12.4. The number of amides is 1. The minimum atomic E-state index is -0.277. The molecule has 1 fully saturated rings. The minimum Gasteiger partial charge on any atom is -0.504 e. The number of aromatic hydroxyl groups is 2. The SMILES string of the molecule is N#Cc1cc2cc(O)c(O)cc2nc1SCC(=O)N1CCCOCC1. The molecule has 2 N–H and O–H groups in total. The van der Waals surface area contributed by atoms with Gasteiger partial charge < -0.3 is 19.8 Å². The molecule has 1 saturated heterocycles. The predicted octanol–water partition coefficient (Wildman–Crippen LogP) is 1.86. The molecule has 1 aliphatic rings. The Morgan fingerprint density at radius 3 is 2.88 bits per heavy atom. The van der Waals surface area contributed by atoms with E-state index in [0.717, 1.165) is 6.42 Å². The fourth-order valence-electron chi connectivity index (χ4n) is 2.59. The molecule has 8 heteroatoms. The van der Waals surface area contributed by atoms with Crippen molar-refractivity contribution in [1.29, 1.82) is 5.26 Å². The lowest BCUT2D eigenvalue weighted by Gasteiger charge is -2.19. The number of pyridine rings is 1. The molecule has 0 saturated carbocycles. The number of hydrogen-bond acceptors (Lipinski definition) is 7. The van der Waals surface area contributed by atoms with Crippen LogP contribution in [0.2, 0.25) is 0 Å². The summed E-state index contributed by atoms with van der Waals surface area (Å²) in [6.07, 6.45) is 0.816. The number of rotatable bonds is 3. The number of thioether (sulfide) groups is 1. The zero-order valence-corrected chi connectivity index (χ0v) is 14.3. The highest BCUT2D eigenvalue weighted by atomic mass is 32.2. The molecular weight excluding hydrogens is 342 g/mol. The minimum absolute atomic E-state index is 0.0187. The summed E-state index contributed by atoms with van der Waals surface area (Å²) < 4.78 is 5.34. The first kappa shape index (κ1) is 17.3. The molecule has 0 aliphatic carbocycles. The number of nitrogens with zero attached hydrogens (tertiary/aromatic N) is 3. The number of phenols is 2. The molecule has 2 heterocycles. The number of phenolic OH excluding ortho intramolecular Hbond substituents is 2. The highest BCUT2D eigenvalue weighted by Crippen LogP contribution is 2.32. The molecule has 130 valence electrons. The van der Waals surface area contributed by atoms with Crippen molar-refractivity contribution < 1.29 is 19.7 Å². The van der Waals surface area contributed by atoms with Crippen molar-refractivity contribution in [3.63, 3.8) is 0 Å². The second-order valence-corrected chi connectivity index (χ2v) is 6.59. The van der Waals surface area contributed by atoms with Crippen LogP contribution < -0.4 is 0 Å². The maximum Gasteiger partial charge on any atom is 0.233 e. The second-order valence-electron chi connectivity index (χ2n) is 5.62. The number of carbonyl (C=O) groups is 1. The van der Waals surface area contributed by atoms with Gasteiger partial charge in [0, 0.05) is 31.1 Å². The van der Waals surface area contributed by atoms with Gasteiger partial charge in [-0.05, 0) is 18.6 Å². The van der Waals surface area contributed by atoms with Crippen molar-refractivity contribution >= 4 is 28.6 Å². The van der Waals surface area contributed by atoms with Crippen LogP contribution in [-0.2, 0) is 9.53 Å². The van der Waals surface area contributed by atoms with Gasteiger partial charge in [0.25, 0.3) is 0 Å². The Hall–Kier alpha value is -2.50. The van der Waals surface area contributed by atoms with E-state index in [4.69, 9.17) is 4.74 Å². The quantitative estimate of drug-likeness (QED) is 0.636. The average Bonchev–Trinajstić information content (AvgIpc) is 2.89. The molecule has 1 amide bonds. The molecule has 7 nitrogen and oxygen atoms in total. The van der Waals surface area contributed by atoms with Crippen molar-refractivity contribution in [2.24, 2.45) is 0 Å². The fraction of sp³-hybridized carbons (Fsp3) is 0.353. The third-order valence-corrected chi connectivity index (χ3v) is 4.88. The molecule has 0 radical (unpaired) electrons. The number of benzene rings is 1. The third-order valence-electron chi connectivity index (χ3n) is 3.90. The van der Waals surface area contributed by atoms with E-state index in [1.807, 2.05) is 0 Å². The van der Waals surface area contributed by atoms with Gasteiger partial charge >= 0.3 is 0 Å². The molecule has 1 aliphatic heterocycles. The Bertz CT molecular complexity index is 842. The summed E-state index contributed by atoms with van der Waals surface area (Å²) in [4.78, 5) is 18.5. The summed E-state index contributed by atoms with van der Waals surface area (Å²) in [5.41, 5.74) is 0.780. The van der Waals surface area contributed by atoms with Crippen molar-refractivity contribution in [3.8, 4) is 17.6 Å². The first-order valence-electron chi connectivity index (χ1n) is 7.83. The summed E-state index contributed by atoms with van der Waals surface area (Å²) in [5.74, 6) is -0.384. The van der Waals surface area contributed by atoms with Crippen LogP contribution in [0.15, 0.2) is 23.2 Å². The van der Waals surface area contributed by atoms with Crippen LogP contribution in [0.4, 0.5) is 0 Å². The van der Waals surface area contributed by atoms with Gasteiger partial charge in [-0.15, -0.1) is 0 Å². The Morgan fingerprint density at radius 1 is 1.28 bits per heavy atom. The van der Waals surface area contributed by atoms with Crippen LogP contribution in [0.1, 0.15) is 12.0 Å². The zero-order chi connectivity index (χ0) is 17.8. The molecule has 2 aromatic rings. The van der Waals surface area contributed by atoms with E-state index in [0.29, 0.717) is 47.8 Å². The lowest BCUT2D eigenvalue weighted by Crippen LogP contribution is -2.34. The number of carbonyl (C=O) groups excluding carboxylic acids is 1. The molecule has 0 atom stereocenters. The smallest absolute Gasteiger partial charge is 0.233 e. The number of aromatic nitrogens is 1. The van der Waals surface area contributed by atoms with Crippen LogP contribution in [0, 0.1) is 11.3 Å². The van der Waals surface area contributed by atoms with Crippen LogP contribution in [-0.4, -0.2) is 58.1 Å². The molecular formula is C17H17N3O4S. The van der Waals surface area contributed by atoms with E-state index in [1.54, 1.807) is 11.0 Å². The zero-order valence-electron chi connectivity index (χ0n) is 13.4. The number of nitriles is 1. The Kier molecular flexibility index (Phi) is 5.26. The van der Waals surface area contributed by atoms with E-state index in [9.17, 15) is 20.3 Å². The van der Waals surface area contributed by atoms with Gasteiger partial charge in [0.2, 0.25) is 5.91 Å². The average molecular weight is 359 g/mol. The van der Waals surface area contributed by atoms with Crippen molar-refractivity contribution in [3.05, 3.63) is 23.8 Å². The number of fused-ring (bicyclic) bond motifs is 1. The van der Waals surface area contributed by atoms with Crippen LogP contribution in [0.5, 0.6) is 11.5 Å². The van der Waals surface area contributed by atoms with E-state index in [2.05, 4.69) is 11.1 Å². The van der Waals surface area contributed by atoms with Crippen LogP contribution in [0.3, 0.4) is 0 Å². The Labute approximate surface area is 148 Å². The molecule has 0 unspecified atom stereocenters. The highest BCUT2D eigenvalue weighted by molar-refractivity contribution is 8.00. The predicted molar refractivity (Wildman–Crippen MR) is 92.5 cm³/mol. The van der Waals surface area contributed by atoms with E-state index < -0.39 is 0 Å². The first-order valence-corrected chi connectivity index (χ1v) is 8.82. The van der Waals surface area contributed by atoms with Gasteiger partial charge in [-0.25, -0.2) is 4.98 Å². The summed E-state index contributed by atoms with van der Waals surface area (Å²) in [5, 5.41) is 29.5. The van der Waals surface area contributed by atoms with E-state index in [-0.39, 0.29) is 23.2 Å². The Balaban J connectivity index is 1.79. The standard InChI is InChI=1S/C17H17N3O4S/c18-9-12-6-11-7-14(21)15(22)8-13(11)19-17(12)25-10-16(23)20-2-1-4-24-5-3-20/h6-8,21-22H,1-5,10H2. The van der Waals surface area contributed by atoms with E-state index in [1.165, 1.54) is 23.9 Å². The third kappa shape index (κ3) is 3.95. The normalized spacial score (nSPS) is 14.9. The lowest BCUT2D eigenvalue weighted by atomic mass is 10.1. The summed E-state index contributed by atoms with van der Waals surface area (Å²) in [6, 6.07) is 6.35. The largest absolute Gasteiger partial charge is 0.504 e. The van der Waals surface area contributed by atoms with Crippen LogP contribution >= 0.6 is 11.8 Å².